The lowest BCUT2D eigenvalue weighted by Gasteiger charge is -2.25. The summed E-state index contributed by atoms with van der Waals surface area (Å²) in [6.45, 7) is 0.821. The smallest absolute Gasteiger partial charge is 0.368 e. The largest absolute Gasteiger partial charge is 0.501 e. The summed E-state index contributed by atoms with van der Waals surface area (Å²) in [7, 11) is -5.26. The second kappa shape index (κ2) is 5.55. The summed E-state index contributed by atoms with van der Waals surface area (Å²) in [6, 6.07) is 5.18. The SMILES string of the molecule is O=S(=O)(c1ccc(N2CCCC2CBr)cc1)C(F)(F)F. The molecule has 2 rings (SSSR count). The molecule has 0 amide bonds. The van der Waals surface area contributed by atoms with Crippen molar-refractivity contribution in [3.8, 4) is 0 Å². The number of nitrogens with zero attached hydrogens (tertiary/aromatic N) is 1. The zero-order valence-electron chi connectivity index (χ0n) is 10.4. The number of halogens is 4. The van der Waals surface area contributed by atoms with Gasteiger partial charge in [-0.15, -0.1) is 0 Å². The third-order valence-corrected chi connectivity index (χ3v) is 5.59. The van der Waals surface area contributed by atoms with Crippen molar-refractivity contribution in [2.45, 2.75) is 29.3 Å². The van der Waals surface area contributed by atoms with Crippen molar-refractivity contribution >= 4 is 31.5 Å². The Kier molecular flexibility index (Phi) is 4.34. The number of sulfone groups is 1. The van der Waals surface area contributed by atoms with E-state index < -0.39 is 20.2 Å². The van der Waals surface area contributed by atoms with E-state index in [0.29, 0.717) is 6.04 Å². The molecule has 1 fully saturated rings. The van der Waals surface area contributed by atoms with Crippen molar-refractivity contribution in [3.63, 3.8) is 0 Å². The Morgan fingerprint density at radius 2 is 1.85 bits per heavy atom. The summed E-state index contributed by atoms with van der Waals surface area (Å²) in [5, 5.41) is 0.773. The first kappa shape index (κ1) is 15.6. The minimum atomic E-state index is -5.26. The van der Waals surface area contributed by atoms with Gasteiger partial charge in [0.15, 0.2) is 0 Å². The molecule has 0 bridgehead atoms. The van der Waals surface area contributed by atoms with Crippen LogP contribution in [0.4, 0.5) is 18.9 Å². The van der Waals surface area contributed by atoms with Gasteiger partial charge >= 0.3 is 5.51 Å². The highest BCUT2D eigenvalue weighted by molar-refractivity contribution is 9.09. The maximum absolute atomic E-state index is 12.4. The van der Waals surface area contributed by atoms with Crippen molar-refractivity contribution in [2.24, 2.45) is 0 Å². The van der Waals surface area contributed by atoms with E-state index >= 15 is 0 Å². The average Bonchev–Trinajstić information content (AvgIpc) is 2.85. The summed E-state index contributed by atoms with van der Waals surface area (Å²) in [6.07, 6.45) is 2.02. The topological polar surface area (TPSA) is 37.4 Å². The fourth-order valence-electron chi connectivity index (χ4n) is 2.29. The lowest BCUT2D eigenvalue weighted by Crippen LogP contribution is -2.30. The fraction of sp³-hybridized carbons (Fsp3) is 0.500. The second-order valence-corrected chi connectivity index (χ2v) is 7.18. The minimum absolute atomic E-state index is 0.292. The fourth-order valence-corrected chi connectivity index (χ4v) is 3.72. The summed E-state index contributed by atoms with van der Waals surface area (Å²) < 4.78 is 59.8. The van der Waals surface area contributed by atoms with Crippen LogP contribution in [-0.4, -0.2) is 31.8 Å². The maximum atomic E-state index is 12.4. The molecule has 0 aliphatic carbocycles. The van der Waals surface area contributed by atoms with E-state index in [9.17, 15) is 21.6 Å². The molecular formula is C12H13BrF3NO2S. The lowest BCUT2D eigenvalue weighted by atomic mass is 10.2. The lowest BCUT2D eigenvalue weighted by molar-refractivity contribution is -0.0436. The van der Waals surface area contributed by atoms with Crippen LogP contribution in [-0.2, 0) is 9.84 Å². The van der Waals surface area contributed by atoms with E-state index in [1.807, 2.05) is 0 Å². The molecule has 3 nitrogen and oxygen atoms in total. The first-order chi connectivity index (χ1) is 9.27. The molecule has 8 heteroatoms. The molecule has 1 aliphatic rings. The molecular weight excluding hydrogens is 359 g/mol. The van der Waals surface area contributed by atoms with Gasteiger partial charge in [-0.25, -0.2) is 8.42 Å². The van der Waals surface area contributed by atoms with Crippen LogP contribution >= 0.6 is 15.9 Å². The van der Waals surface area contributed by atoms with Gasteiger partial charge in [0.2, 0.25) is 0 Å². The minimum Gasteiger partial charge on any atom is -0.368 e. The highest BCUT2D eigenvalue weighted by Gasteiger charge is 2.46. The van der Waals surface area contributed by atoms with E-state index in [1.54, 1.807) is 0 Å². The Morgan fingerprint density at radius 3 is 2.35 bits per heavy atom. The number of benzene rings is 1. The predicted octanol–water partition coefficient (Wildman–Crippen LogP) is 3.34. The Morgan fingerprint density at radius 1 is 1.25 bits per heavy atom. The molecule has 1 saturated heterocycles. The molecule has 1 heterocycles. The molecule has 20 heavy (non-hydrogen) atoms. The van der Waals surface area contributed by atoms with Gasteiger partial charge in [-0.05, 0) is 37.1 Å². The molecule has 112 valence electrons. The Labute approximate surface area is 123 Å². The van der Waals surface area contributed by atoms with Gasteiger partial charge in [0.25, 0.3) is 9.84 Å². The molecule has 1 atom stereocenters. The highest BCUT2D eigenvalue weighted by Crippen LogP contribution is 2.32. The molecule has 0 aromatic heterocycles. The summed E-state index contributed by atoms with van der Waals surface area (Å²) in [4.78, 5) is 1.35. The molecule has 0 saturated carbocycles. The van der Waals surface area contributed by atoms with E-state index in [0.717, 1.165) is 42.5 Å². The van der Waals surface area contributed by atoms with Gasteiger partial charge in [-0.2, -0.15) is 13.2 Å². The van der Waals surface area contributed by atoms with Crippen molar-refractivity contribution in [3.05, 3.63) is 24.3 Å². The molecule has 1 aliphatic heterocycles. The van der Waals surface area contributed by atoms with Crippen LogP contribution in [0.5, 0.6) is 0 Å². The monoisotopic (exact) mass is 371 g/mol. The van der Waals surface area contributed by atoms with Crippen LogP contribution in [0, 0.1) is 0 Å². The van der Waals surface area contributed by atoms with Crippen molar-refractivity contribution in [1.82, 2.24) is 0 Å². The van der Waals surface area contributed by atoms with E-state index in [1.165, 1.54) is 12.1 Å². The number of hydrogen-bond donors (Lipinski definition) is 0. The number of alkyl halides is 4. The normalized spacial score (nSPS) is 20.4. The van der Waals surface area contributed by atoms with Gasteiger partial charge in [-0.1, -0.05) is 15.9 Å². The Balaban J connectivity index is 2.27. The first-order valence-corrected chi connectivity index (χ1v) is 8.62. The average molecular weight is 372 g/mol. The van der Waals surface area contributed by atoms with Crippen LogP contribution in [0.2, 0.25) is 0 Å². The predicted molar refractivity (Wildman–Crippen MR) is 73.8 cm³/mol. The van der Waals surface area contributed by atoms with Crippen LogP contribution < -0.4 is 4.90 Å². The molecule has 0 radical (unpaired) electrons. The van der Waals surface area contributed by atoms with Crippen molar-refractivity contribution in [2.75, 3.05) is 16.8 Å². The van der Waals surface area contributed by atoms with Crippen molar-refractivity contribution < 1.29 is 21.6 Å². The van der Waals surface area contributed by atoms with Crippen molar-refractivity contribution in [1.29, 1.82) is 0 Å². The zero-order chi connectivity index (χ0) is 15.0. The van der Waals surface area contributed by atoms with Crippen LogP contribution in [0.25, 0.3) is 0 Å². The van der Waals surface area contributed by atoms with Gasteiger partial charge in [-0.3, -0.25) is 0 Å². The highest BCUT2D eigenvalue weighted by atomic mass is 79.9. The maximum Gasteiger partial charge on any atom is 0.501 e. The zero-order valence-corrected chi connectivity index (χ0v) is 12.8. The molecule has 0 spiro atoms. The quantitative estimate of drug-likeness (QED) is 0.764. The summed E-state index contributed by atoms with van der Waals surface area (Å²) in [5.74, 6) is 0. The third kappa shape index (κ3) is 2.81. The van der Waals surface area contributed by atoms with Gasteiger partial charge < -0.3 is 4.90 Å². The molecule has 1 unspecified atom stereocenters. The van der Waals surface area contributed by atoms with E-state index in [2.05, 4.69) is 20.8 Å². The summed E-state index contributed by atoms with van der Waals surface area (Å²) in [5.41, 5.74) is -4.52. The standard InChI is InChI=1S/C12H13BrF3NO2S/c13-8-10-2-1-7-17(10)9-3-5-11(6-4-9)20(18,19)12(14,15)16/h3-6,10H,1-2,7-8H2. The Bertz CT molecular complexity index is 571. The Hall–Kier alpha value is -0.760. The number of anilines is 1. The number of hydrogen-bond acceptors (Lipinski definition) is 3. The number of rotatable bonds is 3. The van der Waals surface area contributed by atoms with Crippen LogP contribution in [0.15, 0.2) is 29.2 Å². The third-order valence-electron chi connectivity index (χ3n) is 3.34. The molecule has 1 aromatic carbocycles. The molecule has 0 N–H and O–H groups in total. The molecule has 1 aromatic rings. The second-order valence-electron chi connectivity index (χ2n) is 4.59. The van der Waals surface area contributed by atoms with Gasteiger partial charge in [0.05, 0.1) is 4.90 Å². The van der Waals surface area contributed by atoms with Crippen LogP contribution in [0.3, 0.4) is 0 Å². The first-order valence-electron chi connectivity index (χ1n) is 6.01. The van der Waals surface area contributed by atoms with Crippen LogP contribution in [0.1, 0.15) is 12.8 Å². The summed E-state index contributed by atoms with van der Waals surface area (Å²) >= 11 is 3.40. The van der Waals surface area contributed by atoms with Gasteiger partial charge in [0.1, 0.15) is 0 Å². The van der Waals surface area contributed by atoms with Gasteiger partial charge in [0, 0.05) is 23.6 Å². The van der Waals surface area contributed by atoms with E-state index in [-0.39, 0.29) is 0 Å². The van der Waals surface area contributed by atoms with E-state index in [4.69, 9.17) is 0 Å².